The van der Waals surface area contributed by atoms with Crippen molar-refractivity contribution in [3.63, 3.8) is 0 Å². The Hall–Kier alpha value is -2.08. The zero-order chi connectivity index (χ0) is 39.8. The lowest BCUT2D eigenvalue weighted by Gasteiger charge is -2.51. The quantitative estimate of drug-likeness (QED) is 0.201. The van der Waals surface area contributed by atoms with Gasteiger partial charge in [-0.25, -0.2) is 0 Å². The van der Waals surface area contributed by atoms with Crippen LogP contribution in [0.5, 0.6) is 0 Å². The third-order valence-corrected chi connectivity index (χ3v) is 13.3. The molecule has 56 heavy (non-hydrogen) atoms. The molecule has 0 aliphatic carbocycles. The van der Waals surface area contributed by atoms with Crippen molar-refractivity contribution >= 4 is 11.8 Å². The molecule has 14 heteroatoms. The van der Waals surface area contributed by atoms with Gasteiger partial charge in [0.15, 0.2) is 5.78 Å². The predicted molar refractivity (Wildman–Crippen MR) is 199 cm³/mol. The van der Waals surface area contributed by atoms with Crippen molar-refractivity contribution in [2.45, 2.75) is 195 Å². The highest BCUT2D eigenvalue weighted by Crippen LogP contribution is 2.42. The van der Waals surface area contributed by atoms with E-state index in [0.717, 1.165) is 24.0 Å². The summed E-state index contributed by atoms with van der Waals surface area (Å²) in [6.45, 7) is 12.6. The van der Waals surface area contributed by atoms with Gasteiger partial charge in [0.25, 0.3) is 0 Å². The molecule has 6 saturated heterocycles. The monoisotopic (exact) mass is 790 g/mol. The Morgan fingerprint density at radius 2 is 1.41 bits per heavy atom. The van der Waals surface area contributed by atoms with Crippen LogP contribution in [0.15, 0.2) is 36.5 Å². The number of carbonyl (C=O) groups excluding carboxylic acids is 2. The molecule has 15 unspecified atom stereocenters. The van der Waals surface area contributed by atoms with Crippen molar-refractivity contribution < 1.29 is 68.3 Å². The summed E-state index contributed by atoms with van der Waals surface area (Å²) in [4.78, 5) is 26.6. The van der Waals surface area contributed by atoms with Gasteiger partial charge < -0.3 is 58.7 Å². The van der Waals surface area contributed by atoms with Crippen molar-refractivity contribution in [2.24, 2.45) is 11.8 Å². The maximum Gasteiger partial charge on any atom is 0.308 e. The Kier molecular flexibility index (Phi) is 13.6. The van der Waals surface area contributed by atoms with E-state index in [1.54, 1.807) is 0 Å². The summed E-state index contributed by atoms with van der Waals surface area (Å²) < 4.78 is 44.6. The summed E-state index contributed by atoms with van der Waals surface area (Å²) in [5.41, 5.74) is 1.92. The summed E-state index contributed by atoms with van der Waals surface area (Å²) in [5, 5.41) is 53.6. The second kappa shape index (κ2) is 18.0. The topological polar surface area (TPSA) is 200 Å². The Morgan fingerprint density at radius 3 is 2.20 bits per heavy atom. The molecule has 9 heterocycles. The van der Waals surface area contributed by atoms with Crippen LogP contribution in [0.1, 0.15) is 90.9 Å². The summed E-state index contributed by atoms with van der Waals surface area (Å²) in [6, 6.07) is 0. The summed E-state index contributed by atoms with van der Waals surface area (Å²) in [7, 11) is 0. The van der Waals surface area contributed by atoms with Gasteiger partial charge in [-0.15, -0.1) is 0 Å². The zero-order valence-electron chi connectivity index (χ0n) is 32.6. The van der Waals surface area contributed by atoms with Crippen molar-refractivity contribution in [2.75, 3.05) is 6.61 Å². The minimum atomic E-state index is -1.51. The Morgan fingerprint density at radius 1 is 0.696 bits per heavy atom. The number of esters is 1. The maximum absolute atomic E-state index is 13.8. The normalized spacial score (nSPS) is 48.9. The van der Waals surface area contributed by atoms with Crippen LogP contribution in [0.2, 0.25) is 0 Å². The summed E-state index contributed by atoms with van der Waals surface area (Å²) in [6.07, 6.45) is -4.42. The summed E-state index contributed by atoms with van der Waals surface area (Å²) >= 11 is 0. The molecule has 9 rings (SSSR count). The first-order valence-electron chi connectivity index (χ1n) is 20.8. The van der Waals surface area contributed by atoms with Crippen LogP contribution in [0.4, 0.5) is 0 Å². The molecule has 9 aliphatic heterocycles. The Labute approximate surface area is 329 Å². The molecular weight excluding hydrogens is 728 g/mol. The molecule has 0 amide bonds. The number of aliphatic hydroxyl groups excluding tert-OH is 5. The molecule has 0 radical (unpaired) electrons. The number of hydrogen-bond donors (Lipinski definition) is 5. The van der Waals surface area contributed by atoms with Crippen LogP contribution in [-0.4, -0.2) is 148 Å². The smallest absolute Gasteiger partial charge is 0.308 e. The Bertz CT molecular complexity index is 1450. The lowest BCUT2D eigenvalue weighted by atomic mass is 9.79. The number of rotatable bonds is 2. The second-order valence-corrected chi connectivity index (χ2v) is 17.3. The van der Waals surface area contributed by atoms with Gasteiger partial charge in [0.05, 0.1) is 73.6 Å². The average Bonchev–Trinajstić information content (AvgIpc) is 3.53. The van der Waals surface area contributed by atoms with Gasteiger partial charge in [0.2, 0.25) is 0 Å². The fourth-order valence-corrected chi connectivity index (χ4v) is 10.0. The molecule has 0 aromatic rings. The van der Waals surface area contributed by atoms with Crippen LogP contribution in [0.3, 0.4) is 0 Å². The van der Waals surface area contributed by atoms with E-state index < -0.39 is 85.3 Å². The average molecular weight is 791 g/mol. The molecule has 0 spiro atoms. The first-order chi connectivity index (χ1) is 26.8. The molecule has 0 aromatic carbocycles. The molecule has 14 nitrogen and oxygen atoms in total. The SMILES string of the molecule is C=C1C(C)CC2CC[C@@H]3OC(CCC(=O)/C=C/C(O)[C@@H]4OC5CCC(CC(=O)OC6[C@@H](C)C7OC(CCO)C(O)CC7O[C@@H]6CC1O2)OC5C(O)C4O)CC3=C. The number of ether oxygens (including phenoxy) is 7. The highest BCUT2D eigenvalue weighted by atomic mass is 16.6. The van der Waals surface area contributed by atoms with Gasteiger partial charge in [-0.1, -0.05) is 27.0 Å². The maximum atomic E-state index is 13.8. The number of carbonyl (C=O) groups is 2. The fraction of sp³-hybridized carbons (Fsp3) is 0.810. The first kappa shape index (κ1) is 42.1. The molecule has 314 valence electrons. The van der Waals surface area contributed by atoms with Gasteiger partial charge in [-0.2, -0.15) is 0 Å². The Balaban J connectivity index is 1.12. The van der Waals surface area contributed by atoms with E-state index in [-0.39, 0.29) is 67.9 Å². The van der Waals surface area contributed by atoms with Gasteiger partial charge in [-0.3, -0.25) is 9.59 Å². The van der Waals surface area contributed by atoms with Crippen LogP contribution in [-0.2, 0) is 42.7 Å². The molecule has 8 bridgehead atoms. The third-order valence-electron chi connectivity index (χ3n) is 13.3. The molecule has 9 aliphatic rings. The second-order valence-electron chi connectivity index (χ2n) is 17.3. The predicted octanol–water partition coefficient (Wildman–Crippen LogP) is 2.14. The fourth-order valence-electron chi connectivity index (χ4n) is 10.0. The lowest BCUT2D eigenvalue weighted by molar-refractivity contribution is -0.278. The molecular formula is C42H62O14. The number of ketones is 1. The molecule has 0 saturated carbocycles. The van der Waals surface area contributed by atoms with Gasteiger partial charge in [-0.05, 0) is 80.6 Å². The van der Waals surface area contributed by atoms with Crippen LogP contribution >= 0.6 is 0 Å². The van der Waals surface area contributed by atoms with E-state index in [1.165, 1.54) is 12.2 Å². The van der Waals surface area contributed by atoms with Crippen LogP contribution in [0, 0.1) is 11.8 Å². The number of fused-ring (bicyclic) bond motifs is 3. The van der Waals surface area contributed by atoms with Crippen molar-refractivity contribution in [1.82, 2.24) is 0 Å². The minimum absolute atomic E-state index is 0.0815. The molecule has 19 atom stereocenters. The number of aliphatic hydroxyl groups is 5. The van der Waals surface area contributed by atoms with Gasteiger partial charge in [0.1, 0.15) is 36.6 Å². The van der Waals surface area contributed by atoms with Crippen LogP contribution in [0.25, 0.3) is 0 Å². The highest BCUT2D eigenvalue weighted by Gasteiger charge is 2.53. The van der Waals surface area contributed by atoms with E-state index in [2.05, 4.69) is 20.1 Å². The van der Waals surface area contributed by atoms with Crippen molar-refractivity contribution in [3.8, 4) is 0 Å². The van der Waals surface area contributed by atoms with Crippen molar-refractivity contribution in [3.05, 3.63) is 36.5 Å². The van der Waals surface area contributed by atoms with Crippen LogP contribution < -0.4 is 0 Å². The number of allylic oxidation sites excluding steroid dienone is 1. The third kappa shape index (κ3) is 9.21. The van der Waals surface area contributed by atoms with E-state index in [0.29, 0.717) is 44.9 Å². The lowest BCUT2D eigenvalue weighted by Crippen LogP contribution is -2.63. The van der Waals surface area contributed by atoms with Gasteiger partial charge >= 0.3 is 5.97 Å². The standard InChI is InChI=1S/C42H62O14/c1-20-15-26-8-11-30-21(2)16-25(50-30)7-5-24(44)6-10-28(45)41-37(48)38(49)42-32(55-41)12-9-27(52-42)17-36(47)56-40-23(4)39-34(18-29(46)31(54-39)13-14-43)53-35(40)19-33(51-26)22(20)3/h6,10,20,23,25-35,37-43,45-46,48-49H,2-3,5,7-9,11-19H2,1,4H3/b10-6+/t20?,23-,25?,26?,27?,28?,29?,30-,31?,32?,33?,34?,35+,37?,38?,39?,40?,41-,42?/m0/s1. The molecule has 5 N–H and O–H groups in total. The molecule has 0 aromatic heterocycles. The first-order valence-corrected chi connectivity index (χ1v) is 20.8. The summed E-state index contributed by atoms with van der Waals surface area (Å²) in [5.74, 6) is -0.899. The minimum Gasteiger partial charge on any atom is -0.459 e. The molecule has 6 fully saturated rings. The van der Waals surface area contributed by atoms with E-state index >= 15 is 0 Å². The van der Waals surface area contributed by atoms with Crippen molar-refractivity contribution in [1.29, 1.82) is 0 Å². The van der Waals surface area contributed by atoms with Gasteiger partial charge in [0, 0.05) is 31.8 Å². The number of hydrogen-bond acceptors (Lipinski definition) is 14. The van der Waals surface area contributed by atoms with E-state index in [1.807, 2.05) is 6.92 Å². The van der Waals surface area contributed by atoms with E-state index in [4.69, 9.17) is 33.2 Å². The highest BCUT2D eigenvalue weighted by molar-refractivity contribution is 5.89. The van der Waals surface area contributed by atoms with E-state index in [9.17, 15) is 35.1 Å². The largest absolute Gasteiger partial charge is 0.459 e. The zero-order valence-corrected chi connectivity index (χ0v) is 32.6.